The molecular weight excluding hydrogens is 258 g/mol. The Morgan fingerprint density at radius 1 is 1.37 bits per heavy atom. The Hall–Kier alpha value is -1.88. The number of rotatable bonds is 2. The highest BCUT2D eigenvalue weighted by Crippen LogP contribution is 2.29. The Morgan fingerprint density at radius 2 is 2.16 bits per heavy atom. The molecule has 0 unspecified atom stereocenters. The molecule has 0 fully saturated rings. The molecule has 1 aromatic carbocycles. The second-order valence-electron chi connectivity index (χ2n) is 4.66. The van der Waals surface area contributed by atoms with Crippen molar-refractivity contribution in [2.75, 3.05) is 0 Å². The van der Waals surface area contributed by atoms with Crippen LogP contribution in [0.4, 0.5) is 0 Å². The van der Waals surface area contributed by atoms with Gasteiger partial charge in [0.15, 0.2) is 0 Å². The highest BCUT2D eigenvalue weighted by molar-refractivity contribution is 7.71. The van der Waals surface area contributed by atoms with Crippen LogP contribution in [0.2, 0.25) is 0 Å². The Labute approximate surface area is 116 Å². The van der Waals surface area contributed by atoms with E-state index in [0.29, 0.717) is 17.3 Å². The molecular formula is C14H15N3OS. The van der Waals surface area contributed by atoms with Crippen molar-refractivity contribution in [2.24, 2.45) is 0 Å². The predicted octanol–water partition coefficient (Wildman–Crippen LogP) is 3.99. The van der Waals surface area contributed by atoms with E-state index in [0.717, 1.165) is 16.8 Å². The molecule has 2 heterocycles. The number of aromatic nitrogens is 3. The molecule has 2 aromatic heterocycles. The standard InChI is InChI=1S/C14H15N3OS/c1-4-17-14(19)18-13(16-17)12-9(3)10-7-8(2)5-6-11(10)15-12/h5-7,15H,4H2,1-3H3. The summed E-state index contributed by atoms with van der Waals surface area (Å²) in [4.78, 5) is 3.77. The van der Waals surface area contributed by atoms with Crippen molar-refractivity contribution >= 4 is 23.1 Å². The van der Waals surface area contributed by atoms with Gasteiger partial charge in [-0.05, 0) is 50.7 Å². The van der Waals surface area contributed by atoms with E-state index in [-0.39, 0.29) is 0 Å². The van der Waals surface area contributed by atoms with Crippen LogP contribution in [0.15, 0.2) is 22.6 Å². The van der Waals surface area contributed by atoms with Crippen LogP contribution in [-0.2, 0) is 6.54 Å². The molecule has 0 spiro atoms. The maximum atomic E-state index is 5.57. The number of benzene rings is 1. The van der Waals surface area contributed by atoms with E-state index in [4.69, 9.17) is 16.6 Å². The Morgan fingerprint density at radius 3 is 2.84 bits per heavy atom. The summed E-state index contributed by atoms with van der Waals surface area (Å²) in [5.41, 5.74) is 4.36. The molecule has 1 N–H and O–H groups in total. The quantitative estimate of drug-likeness (QED) is 0.718. The average Bonchev–Trinajstić information content (AvgIpc) is 2.91. The first-order chi connectivity index (χ1) is 9.10. The summed E-state index contributed by atoms with van der Waals surface area (Å²) in [5, 5.41) is 5.59. The molecule has 0 aliphatic heterocycles. The Bertz CT molecular complexity index is 810. The largest absolute Gasteiger partial charge is 0.408 e. The summed E-state index contributed by atoms with van der Waals surface area (Å²) < 4.78 is 7.25. The number of aryl methyl sites for hydroxylation is 3. The topological polar surface area (TPSA) is 46.8 Å². The summed E-state index contributed by atoms with van der Waals surface area (Å²) >= 11 is 5.14. The fraction of sp³-hybridized carbons (Fsp3) is 0.286. The zero-order valence-corrected chi connectivity index (χ0v) is 12.0. The normalized spacial score (nSPS) is 11.3. The Balaban J connectivity index is 2.24. The average molecular weight is 273 g/mol. The number of nitrogens with one attached hydrogen (secondary N) is 1. The van der Waals surface area contributed by atoms with Crippen LogP contribution in [0.3, 0.4) is 0 Å². The number of fused-ring (bicyclic) bond motifs is 1. The molecule has 0 atom stereocenters. The molecule has 0 bridgehead atoms. The molecule has 3 rings (SSSR count). The van der Waals surface area contributed by atoms with Crippen LogP contribution >= 0.6 is 12.2 Å². The number of nitrogens with zero attached hydrogens (tertiary/aromatic N) is 2. The maximum absolute atomic E-state index is 5.57. The van der Waals surface area contributed by atoms with Crippen molar-refractivity contribution in [3.63, 3.8) is 0 Å². The van der Waals surface area contributed by atoms with Gasteiger partial charge < -0.3 is 9.40 Å². The summed E-state index contributed by atoms with van der Waals surface area (Å²) in [6.07, 6.45) is 0. The lowest BCUT2D eigenvalue weighted by molar-refractivity contribution is 0.519. The van der Waals surface area contributed by atoms with Crippen molar-refractivity contribution in [3.8, 4) is 11.6 Å². The molecule has 0 aliphatic rings. The van der Waals surface area contributed by atoms with Gasteiger partial charge >= 0.3 is 0 Å². The van der Waals surface area contributed by atoms with Crippen molar-refractivity contribution in [3.05, 3.63) is 34.2 Å². The van der Waals surface area contributed by atoms with Crippen molar-refractivity contribution < 1.29 is 4.42 Å². The minimum atomic E-state index is 0.409. The van der Waals surface area contributed by atoms with Gasteiger partial charge in [-0.1, -0.05) is 11.6 Å². The first-order valence-electron chi connectivity index (χ1n) is 6.27. The van der Waals surface area contributed by atoms with Crippen LogP contribution in [0.1, 0.15) is 18.1 Å². The van der Waals surface area contributed by atoms with Gasteiger partial charge in [-0.3, -0.25) is 0 Å². The van der Waals surface area contributed by atoms with E-state index in [1.54, 1.807) is 4.68 Å². The predicted molar refractivity (Wildman–Crippen MR) is 77.8 cm³/mol. The SMILES string of the molecule is CCn1nc(-c2[nH]c3ccc(C)cc3c2C)oc1=S. The molecule has 0 saturated carbocycles. The summed E-state index contributed by atoms with van der Waals surface area (Å²) in [6.45, 7) is 6.85. The molecule has 98 valence electrons. The van der Waals surface area contributed by atoms with Gasteiger partial charge in [-0.2, -0.15) is 0 Å². The fourth-order valence-electron chi connectivity index (χ4n) is 2.26. The van der Waals surface area contributed by atoms with Crippen LogP contribution in [0.5, 0.6) is 0 Å². The maximum Gasteiger partial charge on any atom is 0.287 e. The van der Waals surface area contributed by atoms with Gasteiger partial charge in [0.1, 0.15) is 5.69 Å². The highest BCUT2D eigenvalue weighted by Gasteiger charge is 2.15. The summed E-state index contributed by atoms with van der Waals surface area (Å²) in [6, 6.07) is 6.32. The number of aromatic amines is 1. The third-order valence-electron chi connectivity index (χ3n) is 3.33. The van der Waals surface area contributed by atoms with E-state index >= 15 is 0 Å². The second-order valence-corrected chi connectivity index (χ2v) is 5.01. The number of hydrogen-bond acceptors (Lipinski definition) is 3. The number of H-pyrrole nitrogens is 1. The molecule has 4 nitrogen and oxygen atoms in total. The zero-order valence-electron chi connectivity index (χ0n) is 11.2. The van der Waals surface area contributed by atoms with E-state index in [1.807, 2.05) is 6.92 Å². The third-order valence-corrected chi connectivity index (χ3v) is 3.63. The molecule has 5 heteroatoms. The van der Waals surface area contributed by atoms with Gasteiger partial charge in [-0.25, -0.2) is 4.68 Å². The lowest BCUT2D eigenvalue weighted by Crippen LogP contribution is -1.96. The van der Waals surface area contributed by atoms with Crippen LogP contribution < -0.4 is 0 Å². The second kappa shape index (κ2) is 4.35. The minimum Gasteiger partial charge on any atom is -0.408 e. The first kappa shape index (κ1) is 12.2. The van der Waals surface area contributed by atoms with Crippen molar-refractivity contribution in [1.29, 1.82) is 0 Å². The first-order valence-corrected chi connectivity index (χ1v) is 6.68. The third kappa shape index (κ3) is 1.90. The van der Waals surface area contributed by atoms with E-state index < -0.39 is 0 Å². The van der Waals surface area contributed by atoms with Gasteiger partial charge in [0.25, 0.3) is 10.7 Å². The molecule has 0 radical (unpaired) electrons. The van der Waals surface area contributed by atoms with Crippen molar-refractivity contribution in [1.82, 2.24) is 14.8 Å². The van der Waals surface area contributed by atoms with E-state index in [1.165, 1.54) is 10.9 Å². The lowest BCUT2D eigenvalue weighted by Gasteiger charge is -1.94. The Kier molecular flexibility index (Phi) is 2.78. The van der Waals surface area contributed by atoms with Crippen LogP contribution in [-0.4, -0.2) is 14.8 Å². The molecule has 19 heavy (non-hydrogen) atoms. The lowest BCUT2D eigenvalue weighted by atomic mass is 10.1. The van der Waals surface area contributed by atoms with Crippen molar-refractivity contribution in [2.45, 2.75) is 27.3 Å². The monoisotopic (exact) mass is 273 g/mol. The van der Waals surface area contributed by atoms with Gasteiger partial charge in [0.2, 0.25) is 0 Å². The molecule has 0 saturated heterocycles. The minimum absolute atomic E-state index is 0.409. The summed E-state index contributed by atoms with van der Waals surface area (Å²) in [5.74, 6) is 0.554. The molecule has 0 aliphatic carbocycles. The van der Waals surface area contributed by atoms with Gasteiger partial charge in [-0.15, -0.1) is 5.10 Å². The smallest absolute Gasteiger partial charge is 0.287 e. The fourth-order valence-corrected chi connectivity index (χ4v) is 2.51. The van der Waals surface area contributed by atoms with E-state index in [2.05, 4.69) is 42.1 Å². The zero-order chi connectivity index (χ0) is 13.6. The molecule has 0 amide bonds. The van der Waals surface area contributed by atoms with Gasteiger partial charge in [0, 0.05) is 17.4 Å². The number of hydrogen-bond donors (Lipinski definition) is 1. The summed E-state index contributed by atoms with van der Waals surface area (Å²) in [7, 11) is 0. The van der Waals surface area contributed by atoms with Crippen LogP contribution in [0.25, 0.3) is 22.5 Å². The van der Waals surface area contributed by atoms with Crippen LogP contribution in [0, 0.1) is 18.7 Å². The van der Waals surface area contributed by atoms with Gasteiger partial charge in [0.05, 0.1) is 0 Å². The van der Waals surface area contributed by atoms with E-state index in [9.17, 15) is 0 Å². The highest BCUT2D eigenvalue weighted by atomic mass is 32.1. The molecule has 3 aromatic rings.